The number of allylic oxidation sites excluding steroid dienone is 1. The zero-order valence-corrected chi connectivity index (χ0v) is 13.0. The van der Waals surface area contributed by atoms with Gasteiger partial charge in [-0.1, -0.05) is 12.2 Å². The van der Waals surface area contributed by atoms with E-state index < -0.39 is 5.60 Å². The molecule has 2 heterocycles. The zero-order valence-electron chi connectivity index (χ0n) is 13.0. The Morgan fingerprint density at radius 2 is 2.18 bits per heavy atom. The van der Waals surface area contributed by atoms with E-state index in [9.17, 15) is 9.59 Å². The molecule has 0 unspecified atom stereocenters. The highest BCUT2D eigenvalue weighted by atomic mass is 16.7. The third kappa shape index (κ3) is 1.63. The monoisotopic (exact) mass is 304 g/mol. The zero-order chi connectivity index (χ0) is 15.8. The summed E-state index contributed by atoms with van der Waals surface area (Å²) >= 11 is 0. The van der Waals surface area contributed by atoms with Gasteiger partial charge < -0.3 is 14.2 Å². The lowest BCUT2D eigenvalue weighted by Crippen LogP contribution is -2.35. The predicted octanol–water partition coefficient (Wildman–Crippen LogP) is 1.91. The summed E-state index contributed by atoms with van der Waals surface area (Å²) in [7, 11) is 0. The standard InChI is InChI=1S/C17H20O5/c1-7-5-6-10-8(2)16(19)21-13(10)12-11(7)14(20-9(3)18)15-17(12,4)22-15/h10,12-15H,2,5-6H2,1,3-4H3/t10-,12-,13+,14+,15+,17-/m0/s1. The Morgan fingerprint density at radius 1 is 1.45 bits per heavy atom. The number of esters is 2. The lowest BCUT2D eigenvalue weighted by atomic mass is 9.81. The van der Waals surface area contributed by atoms with Crippen LogP contribution in [0, 0.1) is 11.8 Å². The molecule has 5 nitrogen and oxygen atoms in total. The van der Waals surface area contributed by atoms with Gasteiger partial charge >= 0.3 is 11.9 Å². The first-order chi connectivity index (χ1) is 10.3. The van der Waals surface area contributed by atoms with Gasteiger partial charge in [0.25, 0.3) is 0 Å². The van der Waals surface area contributed by atoms with E-state index in [-0.39, 0.29) is 42.1 Å². The Kier molecular flexibility index (Phi) is 2.69. The maximum absolute atomic E-state index is 11.9. The average molecular weight is 304 g/mol. The van der Waals surface area contributed by atoms with Crippen molar-refractivity contribution < 1.29 is 23.8 Å². The van der Waals surface area contributed by atoms with Crippen LogP contribution in [0.3, 0.4) is 0 Å². The van der Waals surface area contributed by atoms with Crippen molar-refractivity contribution in [1.29, 1.82) is 0 Å². The maximum Gasteiger partial charge on any atom is 0.334 e. The van der Waals surface area contributed by atoms with Gasteiger partial charge in [-0.15, -0.1) is 0 Å². The van der Waals surface area contributed by atoms with Gasteiger partial charge in [0, 0.05) is 18.4 Å². The second-order valence-corrected chi connectivity index (χ2v) is 7.01. The molecule has 0 bridgehead atoms. The van der Waals surface area contributed by atoms with Crippen molar-refractivity contribution >= 4 is 11.9 Å². The Labute approximate surface area is 129 Å². The van der Waals surface area contributed by atoms with Crippen LogP contribution in [0.25, 0.3) is 0 Å². The second-order valence-electron chi connectivity index (χ2n) is 7.01. The third-order valence-corrected chi connectivity index (χ3v) is 5.72. The highest BCUT2D eigenvalue weighted by Crippen LogP contribution is 2.62. The molecule has 3 fully saturated rings. The van der Waals surface area contributed by atoms with E-state index >= 15 is 0 Å². The van der Waals surface area contributed by atoms with Crippen molar-refractivity contribution in [1.82, 2.24) is 0 Å². The molecule has 4 aliphatic rings. The van der Waals surface area contributed by atoms with Crippen LogP contribution in [0.1, 0.15) is 33.6 Å². The summed E-state index contributed by atoms with van der Waals surface area (Å²) in [6, 6.07) is 0. The Hall–Kier alpha value is -1.62. The molecule has 0 radical (unpaired) electrons. The third-order valence-electron chi connectivity index (χ3n) is 5.72. The van der Waals surface area contributed by atoms with Crippen LogP contribution in [0.15, 0.2) is 23.3 Å². The van der Waals surface area contributed by atoms with E-state index in [0.717, 1.165) is 18.4 Å². The quantitative estimate of drug-likeness (QED) is 0.320. The predicted molar refractivity (Wildman–Crippen MR) is 76.8 cm³/mol. The fraction of sp³-hybridized carbons (Fsp3) is 0.647. The molecule has 118 valence electrons. The van der Waals surface area contributed by atoms with Crippen molar-refractivity contribution in [3.63, 3.8) is 0 Å². The van der Waals surface area contributed by atoms with Crippen LogP contribution >= 0.6 is 0 Å². The first-order valence-corrected chi connectivity index (χ1v) is 7.79. The average Bonchev–Trinajstić information content (AvgIpc) is 3.00. The SMILES string of the molecule is C=C1C(=O)O[C@@H]2[C@H]1CCC(C)=C1[C@@H](OC(C)=O)[C@H]3O[C@@]3(C)[C@@H]12. The van der Waals surface area contributed by atoms with Crippen LogP contribution in [-0.4, -0.2) is 35.9 Å². The van der Waals surface area contributed by atoms with Crippen LogP contribution in [0.2, 0.25) is 0 Å². The lowest BCUT2D eigenvalue weighted by Gasteiger charge is -2.28. The molecule has 0 N–H and O–H groups in total. The molecule has 0 aromatic heterocycles. The van der Waals surface area contributed by atoms with E-state index in [1.54, 1.807) is 0 Å². The minimum Gasteiger partial charge on any atom is -0.458 e. The van der Waals surface area contributed by atoms with Gasteiger partial charge in [-0.3, -0.25) is 4.79 Å². The second kappa shape index (κ2) is 4.22. The van der Waals surface area contributed by atoms with Crippen molar-refractivity contribution in [2.75, 3.05) is 0 Å². The van der Waals surface area contributed by atoms with Gasteiger partial charge in [0.1, 0.15) is 17.8 Å². The number of carbonyl (C=O) groups excluding carboxylic acids is 2. The summed E-state index contributed by atoms with van der Waals surface area (Å²) in [4.78, 5) is 23.4. The minimum atomic E-state index is -0.408. The largest absolute Gasteiger partial charge is 0.458 e. The van der Waals surface area contributed by atoms with E-state index in [4.69, 9.17) is 14.2 Å². The molecule has 2 aliphatic carbocycles. The number of ether oxygens (including phenoxy) is 3. The number of hydrogen-bond donors (Lipinski definition) is 0. The van der Waals surface area contributed by atoms with Gasteiger partial charge in [-0.05, 0) is 32.3 Å². The molecule has 0 amide bonds. The van der Waals surface area contributed by atoms with Gasteiger partial charge in [0.05, 0.1) is 5.92 Å². The van der Waals surface area contributed by atoms with Crippen LogP contribution < -0.4 is 0 Å². The molecule has 2 saturated heterocycles. The summed E-state index contributed by atoms with van der Waals surface area (Å²) in [5, 5.41) is 0. The highest BCUT2D eigenvalue weighted by molar-refractivity contribution is 5.91. The molecule has 5 heteroatoms. The Morgan fingerprint density at radius 3 is 2.86 bits per heavy atom. The van der Waals surface area contributed by atoms with Crippen LogP contribution in [0.5, 0.6) is 0 Å². The molecule has 4 rings (SSSR count). The summed E-state index contributed by atoms with van der Waals surface area (Å²) in [6.07, 6.45) is 0.983. The molecule has 0 aromatic carbocycles. The number of carbonyl (C=O) groups is 2. The molecule has 1 saturated carbocycles. The molecular weight excluding hydrogens is 284 g/mol. The van der Waals surface area contributed by atoms with Crippen molar-refractivity contribution in [2.45, 2.75) is 57.5 Å². The maximum atomic E-state index is 11.9. The fourth-order valence-electron chi connectivity index (χ4n) is 4.60. The molecule has 2 aliphatic heterocycles. The number of fused-ring (bicyclic) bond motifs is 5. The van der Waals surface area contributed by atoms with Crippen molar-refractivity contribution in [2.24, 2.45) is 11.8 Å². The molecule has 0 aromatic rings. The van der Waals surface area contributed by atoms with E-state index in [1.807, 2.05) is 6.92 Å². The van der Waals surface area contributed by atoms with E-state index in [0.29, 0.717) is 5.57 Å². The molecular formula is C17H20O5. The van der Waals surface area contributed by atoms with Gasteiger partial charge in [0.2, 0.25) is 0 Å². The number of hydrogen-bond acceptors (Lipinski definition) is 5. The minimum absolute atomic E-state index is 0.0303. The fourth-order valence-corrected chi connectivity index (χ4v) is 4.60. The number of epoxide rings is 1. The Bertz CT molecular complexity index is 633. The van der Waals surface area contributed by atoms with Crippen LogP contribution in [0.4, 0.5) is 0 Å². The van der Waals surface area contributed by atoms with Crippen molar-refractivity contribution in [3.8, 4) is 0 Å². The summed E-state index contributed by atoms with van der Waals surface area (Å²) in [6.45, 7) is 9.43. The normalized spacial score (nSPS) is 45.7. The summed E-state index contributed by atoms with van der Waals surface area (Å²) in [5.41, 5.74) is 2.49. The van der Waals surface area contributed by atoms with Crippen LogP contribution in [-0.2, 0) is 23.8 Å². The summed E-state index contributed by atoms with van der Waals surface area (Å²) < 4.78 is 17.1. The summed E-state index contributed by atoms with van der Waals surface area (Å²) in [5.74, 6) is -0.622. The van der Waals surface area contributed by atoms with E-state index in [1.165, 1.54) is 12.5 Å². The highest BCUT2D eigenvalue weighted by Gasteiger charge is 2.74. The van der Waals surface area contributed by atoms with Gasteiger partial charge in [0.15, 0.2) is 6.10 Å². The van der Waals surface area contributed by atoms with Crippen molar-refractivity contribution in [3.05, 3.63) is 23.3 Å². The molecule has 6 atom stereocenters. The molecule has 0 spiro atoms. The Balaban J connectivity index is 1.78. The first-order valence-electron chi connectivity index (χ1n) is 7.79. The van der Waals surface area contributed by atoms with Gasteiger partial charge in [-0.2, -0.15) is 0 Å². The topological polar surface area (TPSA) is 65.1 Å². The lowest BCUT2D eigenvalue weighted by molar-refractivity contribution is -0.147. The molecule has 22 heavy (non-hydrogen) atoms. The van der Waals surface area contributed by atoms with E-state index in [2.05, 4.69) is 13.5 Å². The first kappa shape index (κ1) is 14.0. The van der Waals surface area contributed by atoms with Gasteiger partial charge in [-0.25, -0.2) is 4.79 Å². The smallest absolute Gasteiger partial charge is 0.334 e. The number of rotatable bonds is 1.